The van der Waals surface area contributed by atoms with Crippen molar-refractivity contribution in [2.24, 2.45) is 5.41 Å². The lowest BCUT2D eigenvalue weighted by Crippen LogP contribution is -2.39. The molecule has 82 valence electrons. The van der Waals surface area contributed by atoms with Crippen molar-refractivity contribution in [2.45, 2.75) is 26.2 Å². The first-order valence-corrected chi connectivity index (χ1v) is 5.66. The first-order valence-electron chi connectivity index (χ1n) is 5.66. The van der Waals surface area contributed by atoms with Gasteiger partial charge in [-0.2, -0.15) is 0 Å². The number of hydrogen-bond donors (Lipinski definition) is 2. The Hall–Kier alpha value is -1.02. The molecule has 1 aliphatic rings. The van der Waals surface area contributed by atoms with Gasteiger partial charge in [-0.1, -0.05) is 18.6 Å². The second-order valence-electron chi connectivity index (χ2n) is 4.73. The van der Waals surface area contributed by atoms with Crippen molar-refractivity contribution in [3.8, 4) is 0 Å². The molecule has 0 saturated heterocycles. The quantitative estimate of drug-likeness (QED) is 0.791. The molecule has 15 heavy (non-hydrogen) atoms. The van der Waals surface area contributed by atoms with Crippen LogP contribution in [0.3, 0.4) is 0 Å². The predicted octanol–water partition coefficient (Wildman–Crippen LogP) is 2.57. The third-order valence-corrected chi connectivity index (χ3v) is 3.44. The standard InChI is InChI=1S/C13H19NO/c1-11-4-2-5-12(8-11)14-9-13(10-15)6-3-7-13/h2,4-5,8,14-15H,3,6-7,9-10H2,1H3. The van der Waals surface area contributed by atoms with Gasteiger partial charge in [-0.15, -0.1) is 0 Å². The van der Waals surface area contributed by atoms with Crippen LogP contribution in [0.1, 0.15) is 24.8 Å². The minimum atomic E-state index is 0.156. The maximum Gasteiger partial charge on any atom is 0.0504 e. The Morgan fingerprint density at radius 2 is 2.20 bits per heavy atom. The Morgan fingerprint density at radius 1 is 1.40 bits per heavy atom. The van der Waals surface area contributed by atoms with E-state index in [0.717, 1.165) is 25.1 Å². The van der Waals surface area contributed by atoms with Gasteiger partial charge < -0.3 is 10.4 Å². The zero-order valence-corrected chi connectivity index (χ0v) is 9.29. The van der Waals surface area contributed by atoms with Gasteiger partial charge in [0.2, 0.25) is 0 Å². The lowest BCUT2D eigenvalue weighted by atomic mass is 9.69. The Labute approximate surface area is 91.3 Å². The average Bonchev–Trinajstić information content (AvgIpc) is 2.17. The Bertz CT molecular complexity index is 326. The van der Waals surface area contributed by atoms with Crippen LogP contribution in [0, 0.1) is 12.3 Å². The van der Waals surface area contributed by atoms with Crippen molar-refractivity contribution in [3.05, 3.63) is 29.8 Å². The molecular formula is C13H19NO. The molecule has 2 N–H and O–H groups in total. The minimum Gasteiger partial charge on any atom is -0.396 e. The first-order chi connectivity index (χ1) is 7.24. The van der Waals surface area contributed by atoms with Crippen LogP contribution in [0.2, 0.25) is 0 Å². The Balaban J connectivity index is 1.92. The van der Waals surface area contributed by atoms with Crippen molar-refractivity contribution in [3.63, 3.8) is 0 Å². The van der Waals surface area contributed by atoms with Crippen molar-refractivity contribution >= 4 is 5.69 Å². The summed E-state index contributed by atoms with van der Waals surface area (Å²) in [6.45, 7) is 3.30. The highest BCUT2D eigenvalue weighted by Gasteiger charge is 2.35. The first kappa shape index (κ1) is 10.5. The van der Waals surface area contributed by atoms with Crippen LogP contribution >= 0.6 is 0 Å². The Morgan fingerprint density at radius 3 is 2.73 bits per heavy atom. The monoisotopic (exact) mass is 205 g/mol. The third-order valence-electron chi connectivity index (χ3n) is 3.44. The van der Waals surface area contributed by atoms with Gasteiger partial charge in [-0.3, -0.25) is 0 Å². The Kier molecular flexibility index (Phi) is 2.96. The highest BCUT2D eigenvalue weighted by molar-refractivity contribution is 5.45. The number of aliphatic hydroxyl groups excluding tert-OH is 1. The van der Waals surface area contributed by atoms with Gasteiger partial charge in [0.05, 0.1) is 6.61 Å². The molecule has 1 fully saturated rings. The molecule has 1 aromatic rings. The maximum absolute atomic E-state index is 9.33. The van der Waals surface area contributed by atoms with Crippen LogP contribution in [0.25, 0.3) is 0 Å². The number of nitrogens with one attached hydrogen (secondary N) is 1. The molecule has 1 aromatic carbocycles. The number of hydrogen-bond acceptors (Lipinski definition) is 2. The van der Waals surface area contributed by atoms with E-state index in [1.807, 2.05) is 0 Å². The van der Waals surface area contributed by atoms with Gasteiger partial charge >= 0.3 is 0 Å². The van der Waals surface area contributed by atoms with Gasteiger partial charge in [0.1, 0.15) is 0 Å². The fourth-order valence-electron chi connectivity index (χ4n) is 2.11. The fourth-order valence-corrected chi connectivity index (χ4v) is 2.11. The van der Waals surface area contributed by atoms with E-state index in [1.54, 1.807) is 0 Å². The SMILES string of the molecule is Cc1cccc(NCC2(CO)CCC2)c1. The summed E-state index contributed by atoms with van der Waals surface area (Å²) in [7, 11) is 0. The van der Waals surface area contributed by atoms with Crippen molar-refractivity contribution in [2.75, 3.05) is 18.5 Å². The molecule has 0 spiro atoms. The minimum absolute atomic E-state index is 0.156. The van der Waals surface area contributed by atoms with Gasteiger partial charge in [-0.25, -0.2) is 0 Å². The molecule has 0 amide bonds. The van der Waals surface area contributed by atoms with Crippen molar-refractivity contribution < 1.29 is 5.11 Å². The molecule has 0 radical (unpaired) electrons. The molecule has 2 nitrogen and oxygen atoms in total. The zero-order valence-electron chi connectivity index (χ0n) is 9.29. The number of anilines is 1. The summed E-state index contributed by atoms with van der Waals surface area (Å²) in [6, 6.07) is 8.38. The fraction of sp³-hybridized carbons (Fsp3) is 0.538. The van der Waals surface area contributed by atoms with Crippen LogP contribution < -0.4 is 5.32 Å². The number of aliphatic hydroxyl groups is 1. The zero-order chi connectivity index (χ0) is 10.7. The van der Waals surface area contributed by atoms with Gasteiger partial charge in [-0.05, 0) is 37.5 Å². The van der Waals surface area contributed by atoms with Gasteiger partial charge in [0.15, 0.2) is 0 Å². The number of rotatable bonds is 4. The molecule has 1 saturated carbocycles. The molecular weight excluding hydrogens is 186 g/mol. The van der Waals surface area contributed by atoms with E-state index in [4.69, 9.17) is 0 Å². The predicted molar refractivity (Wildman–Crippen MR) is 63.0 cm³/mol. The van der Waals surface area contributed by atoms with Crippen LogP contribution in [-0.4, -0.2) is 18.3 Å². The molecule has 0 unspecified atom stereocenters. The van der Waals surface area contributed by atoms with Gasteiger partial charge in [0.25, 0.3) is 0 Å². The summed E-state index contributed by atoms with van der Waals surface area (Å²) in [5.74, 6) is 0. The van der Waals surface area contributed by atoms with E-state index < -0.39 is 0 Å². The summed E-state index contributed by atoms with van der Waals surface area (Å²) in [4.78, 5) is 0. The molecule has 0 bridgehead atoms. The van der Waals surface area contributed by atoms with Crippen molar-refractivity contribution in [1.29, 1.82) is 0 Å². The summed E-state index contributed by atoms with van der Waals surface area (Å²) in [5.41, 5.74) is 2.59. The van der Waals surface area contributed by atoms with Crippen molar-refractivity contribution in [1.82, 2.24) is 0 Å². The van der Waals surface area contributed by atoms with E-state index in [2.05, 4.69) is 36.5 Å². The summed E-state index contributed by atoms with van der Waals surface area (Å²) in [6.07, 6.45) is 3.57. The van der Waals surface area contributed by atoms with E-state index in [1.165, 1.54) is 12.0 Å². The molecule has 0 atom stereocenters. The second-order valence-corrected chi connectivity index (χ2v) is 4.73. The largest absolute Gasteiger partial charge is 0.396 e. The number of aryl methyl sites for hydroxylation is 1. The average molecular weight is 205 g/mol. The van der Waals surface area contributed by atoms with E-state index in [0.29, 0.717) is 6.61 Å². The third kappa shape index (κ3) is 2.32. The lowest BCUT2D eigenvalue weighted by Gasteiger charge is -2.40. The molecule has 1 aliphatic carbocycles. The summed E-state index contributed by atoms with van der Waals surface area (Å²) >= 11 is 0. The number of benzene rings is 1. The highest BCUT2D eigenvalue weighted by atomic mass is 16.3. The molecule has 0 aromatic heterocycles. The normalized spacial score (nSPS) is 18.3. The van der Waals surface area contributed by atoms with Crippen LogP contribution in [0.5, 0.6) is 0 Å². The molecule has 2 heteroatoms. The molecule has 2 rings (SSSR count). The topological polar surface area (TPSA) is 32.3 Å². The van der Waals surface area contributed by atoms with Crippen LogP contribution in [0.15, 0.2) is 24.3 Å². The van der Waals surface area contributed by atoms with Crippen LogP contribution in [-0.2, 0) is 0 Å². The van der Waals surface area contributed by atoms with E-state index in [9.17, 15) is 5.11 Å². The molecule has 0 heterocycles. The highest BCUT2D eigenvalue weighted by Crippen LogP contribution is 2.40. The summed E-state index contributed by atoms with van der Waals surface area (Å²) < 4.78 is 0. The second kappa shape index (κ2) is 4.23. The lowest BCUT2D eigenvalue weighted by molar-refractivity contribution is 0.0576. The maximum atomic E-state index is 9.33. The van der Waals surface area contributed by atoms with E-state index >= 15 is 0 Å². The smallest absolute Gasteiger partial charge is 0.0504 e. The summed E-state index contributed by atoms with van der Waals surface area (Å²) in [5, 5.41) is 12.7. The molecule has 0 aliphatic heterocycles. The van der Waals surface area contributed by atoms with Crippen LogP contribution in [0.4, 0.5) is 5.69 Å². The van der Waals surface area contributed by atoms with E-state index in [-0.39, 0.29) is 5.41 Å². The van der Waals surface area contributed by atoms with Gasteiger partial charge in [0, 0.05) is 17.6 Å².